The Morgan fingerprint density at radius 1 is 1.42 bits per heavy atom. The fourth-order valence-corrected chi connectivity index (χ4v) is 0.961. The van der Waals surface area contributed by atoms with E-state index >= 15 is 0 Å². The Balaban J connectivity index is 3.11. The van der Waals surface area contributed by atoms with E-state index in [0.717, 1.165) is 5.56 Å². The Bertz CT molecular complexity index is 328. The molecule has 0 aromatic heterocycles. The summed E-state index contributed by atoms with van der Waals surface area (Å²) in [5, 5.41) is 0. The number of rotatable bonds is 2. The topological polar surface area (TPSA) is 17.1 Å². The standard InChI is InChI=1S/C10H9BO/c1-7(8(2)12)9-5-3-4-6-10(9)11/h3-6H,1H2,2H3. The van der Waals surface area contributed by atoms with Crippen molar-refractivity contribution in [2.24, 2.45) is 0 Å². The Kier molecular flexibility index (Phi) is 2.49. The van der Waals surface area contributed by atoms with Crippen LogP contribution in [-0.4, -0.2) is 13.6 Å². The highest BCUT2D eigenvalue weighted by atomic mass is 16.1. The Hall–Kier alpha value is -1.31. The van der Waals surface area contributed by atoms with Gasteiger partial charge in [-0.25, -0.2) is 0 Å². The maximum absolute atomic E-state index is 10.9. The molecular formula is C10H9BO. The summed E-state index contributed by atoms with van der Waals surface area (Å²) < 4.78 is 0. The summed E-state index contributed by atoms with van der Waals surface area (Å²) >= 11 is 0. The van der Waals surface area contributed by atoms with Gasteiger partial charge in [-0.1, -0.05) is 36.3 Å². The molecule has 58 valence electrons. The molecule has 0 aliphatic rings. The predicted molar refractivity (Wildman–Crippen MR) is 51.5 cm³/mol. The average molecular weight is 156 g/mol. The van der Waals surface area contributed by atoms with Crippen molar-refractivity contribution in [3.8, 4) is 0 Å². The van der Waals surface area contributed by atoms with Crippen molar-refractivity contribution in [1.82, 2.24) is 0 Å². The Labute approximate surface area is 73.5 Å². The van der Waals surface area contributed by atoms with Crippen molar-refractivity contribution in [1.29, 1.82) is 0 Å². The minimum Gasteiger partial charge on any atom is -0.295 e. The summed E-state index contributed by atoms with van der Waals surface area (Å²) in [7, 11) is 5.65. The lowest BCUT2D eigenvalue weighted by atomic mass is 9.86. The second kappa shape index (κ2) is 3.39. The van der Waals surface area contributed by atoms with E-state index in [-0.39, 0.29) is 5.78 Å². The molecule has 2 radical (unpaired) electrons. The normalized spacial score (nSPS) is 9.42. The van der Waals surface area contributed by atoms with Crippen molar-refractivity contribution < 1.29 is 4.79 Å². The third kappa shape index (κ3) is 1.64. The molecule has 0 aliphatic heterocycles. The van der Waals surface area contributed by atoms with Gasteiger partial charge in [0.1, 0.15) is 7.85 Å². The van der Waals surface area contributed by atoms with Crippen molar-refractivity contribution in [2.75, 3.05) is 0 Å². The Morgan fingerprint density at radius 2 is 2.00 bits per heavy atom. The maximum Gasteiger partial charge on any atom is 0.159 e. The van der Waals surface area contributed by atoms with Gasteiger partial charge in [0.2, 0.25) is 0 Å². The number of benzene rings is 1. The van der Waals surface area contributed by atoms with Gasteiger partial charge < -0.3 is 0 Å². The molecule has 0 saturated carbocycles. The number of allylic oxidation sites excluding steroid dienone is 1. The van der Waals surface area contributed by atoms with Gasteiger partial charge in [0.15, 0.2) is 5.78 Å². The molecule has 0 unspecified atom stereocenters. The van der Waals surface area contributed by atoms with E-state index in [1.165, 1.54) is 6.92 Å². The molecular weight excluding hydrogens is 147 g/mol. The number of hydrogen-bond donors (Lipinski definition) is 0. The summed E-state index contributed by atoms with van der Waals surface area (Å²) in [6.45, 7) is 5.14. The molecule has 0 saturated heterocycles. The van der Waals surface area contributed by atoms with Gasteiger partial charge in [-0.3, -0.25) is 4.79 Å². The predicted octanol–water partition coefficient (Wildman–Crippen LogP) is 1.08. The van der Waals surface area contributed by atoms with Gasteiger partial charge in [0.05, 0.1) is 0 Å². The van der Waals surface area contributed by atoms with Crippen LogP contribution in [0.2, 0.25) is 0 Å². The zero-order valence-corrected chi connectivity index (χ0v) is 7.00. The zero-order chi connectivity index (χ0) is 9.14. The van der Waals surface area contributed by atoms with Crippen LogP contribution in [0, 0.1) is 0 Å². The zero-order valence-electron chi connectivity index (χ0n) is 7.00. The van der Waals surface area contributed by atoms with Crippen LogP contribution in [0.3, 0.4) is 0 Å². The van der Waals surface area contributed by atoms with Crippen molar-refractivity contribution >= 4 is 24.7 Å². The maximum atomic E-state index is 10.9. The number of carbonyl (C=O) groups is 1. The highest BCUT2D eigenvalue weighted by Gasteiger charge is 2.04. The van der Waals surface area contributed by atoms with E-state index in [1.807, 2.05) is 12.1 Å². The highest BCUT2D eigenvalue weighted by molar-refractivity contribution is 6.37. The molecule has 2 heteroatoms. The number of ketones is 1. The molecule has 0 atom stereocenters. The van der Waals surface area contributed by atoms with Gasteiger partial charge in [0, 0.05) is 5.57 Å². The lowest BCUT2D eigenvalue weighted by Crippen LogP contribution is -2.11. The molecule has 0 fully saturated rings. The molecule has 0 spiro atoms. The second-order valence-electron chi connectivity index (χ2n) is 2.62. The molecule has 1 rings (SSSR count). The number of Topliss-reactive ketones (excluding diaryl/α,β-unsaturated/α-hetero) is 1. The summed E-state index contributed by atoms with van der Waals surface area (Å²) in [4.78, 5) is 10.9. The number of hydrogen-bond acceptors (Lipinski definition) is 1. The summed E-state index contributed by atoms with van der Waals surface area (Å²) in [6.07, 6.45) is 0. The van der Waals surface area contributed by atoms with Gasteiger partial charge in [-0.05, 0) is 12.5 Å². The smallest absolute Gasteiger partial charge is 0.159 e. The van der Waals surface area contributed by atoms with E-state index < -0.39 is 0 Å². The average Bonchev–Trinajstić information content (AvgIpc) is 2.04. The van der Waals surface area contributed by atoms with Gasteiger partial charge in [-0.2, -0.15) is 0 Å². The van der Waals surface area contributed by atoms with E-state index in [4.69, 9.17) is 7.85 Å². The van der Waals surface area contributed by atoms with Crippen LogP contribution in [-0.2, 0) is 4.79 Å². The van der Waals surface area contributed by atoms with Crippen LogP contribution in [0.25, 0.3) is 5.57 Å². The first-order chi connectivity index (χ1) is 5.63. The molecule has 0 heterocycles. The van der Waals surface area contributed by atoms with Crippen LogP contribution < -0.4 is 5.46 Å². The SMILES string of the molecule is [B]c1ccccc1C(=C)C(C)=O. The van der Waals surface area contributed by atoms with Crippen LogP contribution in [0.1, 0.15) is 12.5 Å². The van der Waals surface area contributed by atoms with E-state index in [9.17, 15) is 4.79 Å². The minimum absolute atomic E-state index is 0.0482. The molecule has 1 nitrogen and oxygen atoms in total. The third-order valence-corrected chi connectivity index (χ3v) is 1.71. The summed E-state index contributed by atoms with van der Waals surface area (Å²) in [5.41, 5.74) is 1.79. The van der Waals surface area contributed by atoms with E-state index in [0.29, 0.717) is 11.0 Å². The summed E-state index contributed by atoms with van der Waals surface area (Å²) in [5.74, 6) is -0.0482. The summed E-state index contributed by atoms with van der Waals surface area (Å²) in [6, 6.07) is 7.20. The van der Waals surface area contributed by atoms with Gasteiger partial charge in [-0.15, -0.1) is 0 Å². The first kappa shape index (κ1) is 8.79. The van der Waals surface area contributed by atoms with Gasteiger partial charge in [0.25, 0.3) is 0 Å². The molecule has 1 aromatic carbocycles. The van der Waals surface area contributed by atoms with Crippen LogP contribution in [0.5, 0.6) is 0 Å². The second-order valence-corrected chi connectivity index (χ2v) is 2.62. The minimum atomic E-state index is -0.0482. The van der Waals surface area contributed by atoms with Crippen LogP contribution in [0.4, 0.5) is 0 Å². The van der Waals surface area contributed by atoms with Crippen molar-refractivity contribution in [3.63, 3.8) is 0 Å². The van der Waals surface area contributed by atoms with Crippen LogP contribution in [0.15, 0.2) is 30.8 Å². The fraction of sp³-hybridized carbons (Fsp3) is 0.100. The monoisotopic (exact) mass is 156 g/mol. The highest BCUT2D eigenvalue weighted by Crippen LogP contribution is 2.09. The van der Waals surface area contributed by atoms with E-state index in [1.54, 1.807) is 12.1 Å². The molecule has 0 bridgehead atoms. The molecule has 12 heavy (non-hydrogen) atoms. The van der Waals surface area contributed by atoms with Crippen LogP contribution >= 0.6 is 0 Å². The van der Waals surface area contributed by atoms with Crippen molar-refractivity contribution in [3.05, 3.63) is 36.4 Å². The molecule has 0 amide bonds. The quantitative estimate of drug-likeness (QED) is 0.462. The Morgan fingerprint density at radius 3 is 2.50 bits per heavy atom. The van der Waals surface area contributed by atoms with Crippen molar-refractivity contribution in [2.45, 2.75) is 6.92 Å². The molecule has 1 aromatic rings. The first-order valence-electron chi connectivity index (χ1n) is 3.67. The van der Waals surface area contributed by atoms with Gasteiger partial charge >= 0.3 is 0 Å². The third-order valence-electron chi connectivity index (χ3n) is 1.71. The molecule has 0 N–H and O–H groups in total. The lowest BCUT2D eigenvalue weighted by Gasteiger charge is -2.04. The fourth-order valence-electron chi connectivity index (χ4n) is 0.961. The molecule has 0 aliphatic carbocycles. The lowest BCUT2D eigenvalue weighted by molar-refractivity contribution is -0.111. The number of carbonyl (C=O) groups excluding carboxylic acids is 1. The first-order valence-corrected chi connectivity index (χ1v) is 3.67. The largest absolute Gasteiger partial charge is 0.295 e. The van der Waals surface area contributed by atoms with E-state index in [2.05, 4.69) is 6.58 Å².